The zero-order chi connectivity index (χ0) is 18.4. The number of carbonyl (C=O) groups is 1. The van der Waals surface area contributed by atoms with Gasteiger partial charge in [-0.1, -0.05) is 42.0 Å². The number of benzene rings is 2. The highest BCUT2D eigenvalue weighted by atomic mass is 16.5. The Morgan fingerprint density at radius 3 is 2.27 bits per heavy atom. The van der Waals surface area contributed by atoms with Gasteiger partial charge in [0.05, 0.1) is 13.2 Å². The van der Waals surface area contributed by atoms with E-state index in [-0.39, 0.29) is 5.91 Å². The Bertz CT molecular complexity index is 704. The maximum Gasteiger partial charge on any atom is 0.222 e. The minimum Gasteiger partial charge on any atom is -0.378 e. The molecule has 2 aromatic rings. The minimum absolute atomic E-state index is 0.183. The van der Waals surface area contributed by atoms with Gasteiger partial charge < -0.3 is 14.5 Å². The monoisotopic (exact) mass is 352 g/mol. The maximum atomic E-state index is 12.4. The van der Waals surface area contributed by atoms with E-state index in [9.17, 15) is 4.79 Å². The maximum absolute atomic E-state index is 12.4. The predicted molar refractivity (Wildman–Crippen MR) is 105 cm³/mol. The summed E-state index contributed by atoms with van der Waals surface area (Å²) in [6.45, 7) is 6.19. The summed E-state index contributed by atoms with van der Waals surface area (Å²) in [5.74, 6) is 0.183. The Balaban J connectivity index is 1.49. The van der Waals surface area contributed by atoms with Crippen molar-refractivity contribution in [2.75, 3.05) is 38.3 Å². The van der Waals surface area contributed by atoms with Crippen molar-refractivity contribution in [2.45, 2.75) is 26.3 Å². The highest BCUT2D eigenvalue weighted by Crippen LogP contribution is 2.17. The molecule has 0 spiro atoms. The Labute approximate surface area is 156 Å². The van der Waals surface area contributed by atoms with Gasteiger partial charge in [0.15, 0.2) is 0 Å². The number of anilines is 1. The number of carbonyl (C=O) groups excluding carboxylic acids is 1. The molecule has 1 aliphatic rings. The number of hydrogen-bond acceptors (Lipinski definition) is 3. The summed E-state index contributed by atoms with van der Waals surface area (Å²) in [6, 6.07) is 16.9. The Hall–Kier alpha value is -2.33. The Morgan fingerprint density at radius 1 is 1.00 bits per heavy atom. The number of ether oxygens (including phenoxy) is 1. The van der Waals surface area contributed by atoms with Crippen LogP contribution in [0.25, 0.3) is 0 Å². The van der Waals surface area contributed by atoms with E-state index in [0.717, 1.165) is 38.3 Å². The van der Waals surface area contributed by atoms with E-state index in [2.05, 4.69) is 60.4 Å². The van der Waals surface area contributed by atoms with Crippen LogP contribution in [0.5, 0.6) is 0 Å². The van der Waals surface area contributed by atoms with Crippen molar-refractivity contribution in [3.8, 4) is 0 Å². The van der Waals surface area contributed by atoms with Crippen molar-refractivity contribution < 1.29 is 9.53 Å². The lowest BCUT2D eigenvalue weighted by molar-refractivity contribution is -0.130. The molecule has 0 N–H and O–H groups in total. The largest absolute Gasteiger partial charge is 0.378 e. The molecule has 1 heterocycles. The smallest absolute Gasteiger partial charge is 0.222 e. The van der Waals surface area contributed by atoms with Crippen molar-refractivity contribution in [3.63, 3.8) is 0 Å². The van der Waals surface area contributed by atoms with Crippen LogP contribution < -0.4 is 4.90 Å². The first kappa shape index (κ1) is 18.5. The van der Waals surface area contributed by atoms with Crippen LogP contribution in [0, 0.1) is 6.92 Å². The molecular formula is C22H28N2O2. The predicted octanol–water partition coefficient (Wildman–Crippen LogP) is 3.42. The molecule has 1 fully saturated rings. The fourth-order valence-corrected chi connectivity index (χ4v) is 3.19. The molecular weight excluding hydrogens is 324 g/mol. The SMILES string of the molecule is Cc1ccc(CCC(=O)N(C)Cc2ccc(N3CCOCC3)cc2)cc1. The van der Waals surface area contributed by atoms with Crippen molar-refractivity contribution in [1.82, 2.24) is 4.90 Å². The summed E-state index contributed by atoms with van der Waals surface area (Å²) < 4.78 is 5.40. The van der Waals surface area contributed by atoms with Gasteiger partial charge in [-0.15, -0.1) is 0 Å². The molecule has 0 radical (unpaired) electrons. The molecule has 0 atom stereocenters. The van der Waals surface area contributed by atoms with Gasteiger partial charge in [-0.25, -0.2) is 0 Å². The van der Waals surface area contributed by atoms with Gasteiger partial charge in [0, 0.05) is 38.8 Å². The van der Waals surface area contributed by atoms with Crippen LogP contribution in [0.15, 0.2) is 48.5 Å². The standard InChI is InChI=1S/C22H28N2O2/c1-18-3-5-19(6-4-18)9-12-22(25)23(2)17-20-7-10-21(11-8-20)24-13-15-26-16-14-24/h3-8,10-11H,9,12-17H2,1-2H3. The average molecular weight is 352 g/mol. The zero-order valence-electron chi connectivity index (χ0n) is 15.8. The summed E-state index contributed by atoms with van der Waals surface area (Å²) >= 11 is 0. The van der Waals surface area contributed by atoms with Gasteiger partial charge >= 0.3 is 0 Å². The Morgan fingerprint density at radius 2 is 1.62 bits per heavy atom. The van der Waals surface area contributed by atoms with Gasteiger partial charge in [-0.2, -0.15) is 0 Å². The third-order valence-electron chi connectivity index (χ3n) is 4.91. The van der Waals surface area contributed by atoms with E-state index in [1.165, 1.54) is 16.8 Å². The second-order valence-electron chi connectivity index (χ2n) is 7.00. The van der Waals surface area contributed by atoms with Crippen molar-refractivity contribution in [1.29, 1.82) is 0 Å². The normalized spacial score (nSPS) is 14.3. The molecule has 0 aromatic heterocycles. The molecule has 26 heavy (non-hydrogen) atoms. The molecule has 0 unspecified atom stereocenters. The highest BCUT2D eigenvalue weighted by molar-refractivity contribution is 5.76. The van der Waals surface area contributed by atoms with E-state index in [1.54, 1.807) is 0 Å². The minimum atomic E-state index is 0.183. The summed E-state index contributed by atoms with van der Waals surface area (Å²) in [4.78, 5) is 16.6. The summed E-state index contributed by atoms with van der Waals surface area (Å²) in [7, 11) is 1.88. The molecule has 1 saturated heterocycles. The molecule has 3 rings (SSSR count). The van der Waals surface area contributed by atoms with Crippen molar-refractivity contribution >= 4 is 11.6 Å². The first-order valence-electron chi connectivity index (χ1n) is 9.33. The van der Waals surface area contributed by atoms with E-state index in [1.807, 2.05) is 11.9 Å². The zero-order valence-corrected chi connectivity index (χ0v) is 15.8. The first-order valence-corrected chi connectivity index (χ1v) is 9.33. The number of hydrogen-bond donors (Lipinski definition) is 0. The van der Waals surface area contributed by atoms with Crippen LogP contribution >= 0.6 is 0 Å². The lowest BCUT2D eigenvalue weighted by Gasteiger charge is -2.29. The number of morpholine rings is 1. The van der Waals surface area contributed by atoms with Crippen molar-refractivity contribution in [2.24, 2.45) is 0 Å². The number of amides is 1. The van der Waals surface area contributed by atoms with Gasteiger partial charge in [0.25, 0.3) is 0 Å². The molecule has 0 aliphatic carbocycles. The number of nitrogens with zero attached hydrogens (tertiary/aromatic N) is 2. The summed E-state index contributed by atoms with van der Waals surface area (Å²) in [5, 5.41) is 0. The molecule has 4 nitrogen and oxygen atoms in total. The lowest BCUT2D eigenvalue weighted by atomic mass is 10.1. The molecule has 2 aromatic carbocycles. The Kier molecular flexibility index (Phi) is 6.29. The van der Waals surface area contributed by atoms with Crippen LogP contribution in [0.2, 0.25) is 0 Å². The quantitative estimate of drug-likeness (QED) is 0.799. The van der Waals surface area contributed by atoms with Crippen LogP contribution in [-0.2, 0) is 22.5 Å². The van der Waals surface area contributed by atoms with Gasteiger partial charge in [-0.3, -0.25) is 4.79 Å². The molecule has 0 bridgehead atoms. The fraction of sp³-hybridized carbons (Fsp3) is 0.409. The van der Waals surface area contributed by atoms with Crippen LogP contribution in [0.3, 0.4) is 0 Å². The van der Waals surface area contributed by atoms with Gasteiger partial charge in [0.1, 0.15) is 0 Å². The van der Waals surface area contributed by atoms with Crippen LogP contribution in [0.4, 0.5) is 5.69 Å². The fourth-order valence-electron chi connectivity index (χ4n) is 3.19. The topological polar surface area (TPSA) is 32.8 Å². The van der Waals surface area contributed by atoms with E-state index >= 15 is 0 Å². The van der Waals surface area contributed by atoms with Crippen LogP contribution in [-0.4, -0.2) is 44.2 Å². The summed E-state index contributed by atoms with van der Waals surface area (Å²) in [6.07, 6.45) is 1.34. The molecule has 138 valence electrons. The van der Waals surface area contributed by atoms with Gasteiger partial charge in [-0.05, 0) is 36.6 Å². The second-order valence-corrected chi connectivity index (χ2v) is 7.00. The van der Waals surface area contributed by atoms with E-state index < -0.39 is 0 Å². The van der Waals surface area contributed by atoms with Crippen molar-refractivity contribution in [3.05, 3.63) is 65.2 Å². The molecule has 4 heteroatoms. The first-order chi connectivity index (χ1) is 12.6. The number of aryl methyl sites for hydroxylation is 2. The average Bonchev–Trinajstić information content (AvgIpc) is 2.68. The molecule has 1 aliphatic heterocycles. The molecule has 1 amide bonds. The second kappa shape index (κ2) is 8.86. The summed E-state index contributed by atoms with van der Waals surface area (Å²) in [5.41, 5.74) is 4.85. The van der Waals surface area contributed by atoms with Gasteiger partial charge in [0.2, 0.25) is 5.91 Å². The lowest BCUT2D eigenvalue weighted by Crippen LogP contribution is -2.36. The highest BCUT2D eigenvalue weighted by Gasteiger charge is 2.12. The van der Waals surface area contributed by atoms with E-state index in [4.69, 9.17) is 4.74 Å². The number of rotatable bonds is 6. The van der Waals surface area contributed by atoms with E-state index in [0.29, 0.717) is 13.0 Å². The molecule has 0 saturated carbocycles. The van der Waals surface area contributed by atoms with Crippen LogP contribution in [0.1, 0.15) is 23.1 Å². The third kappa shape index (κ3) is 5.09. The third-order valence-corrected chi connectivity index (χ3v) is 4.91.